The first-order chi connectivity index (χ1) is 7.76. The highest BCUT2D eigenvalue weighted by atomic mass is 15.0. The fraction of sp³-hybridized carbons (Fsp3) is 0.571. The summed E-state index contributed by atoms with van der Waals surface area (Å²) in [5, 5.41) is 5.94. The van der Waals surface area contributed by atoms with Crippen LogP contribution in [0.2, 0.25) is 0 Å². The lowest BCUT2D eigenvalue weighted by Crippen LogP contribution is -2.21. The second-order valence-electron chi connectivity index (χ2n) is 3.74. The number of allylic oxidation sites excluding steroid dienone is 4. The van der Waals surface area contributed by atoms with Crippen molar-refractivity contribution in [2.45, 2.75) is 33.6 Å². The quantitative estimate of drug-likeness (QED) is 0.236. The van der Waals surface area contributed by atoms with E-state index in [1.807, 2.05) is 13.1 Å². The van der Waals surface area contributed by atoms with Crippen LogP contribution in [0.5, 0.6) is 0 Å². The second-order valence-corrected chi connectivity index (χ2v) is 3.74. The highest BCUT2D eigenvalue weighted by Gasteiger charge is 2.01. The standard InChI is InChI=1S/C14H24N2/c1-5-7-9-14(13(3)6-2)10-8-11-16-12-15-4/h7,9-10,13,15-16H,5-6,12H2,1-4H3/b9-7-,14-10+. The molecule has 0 aliphatic carbocycles. The fourth-order valence-corrected chi connectivity index (χ4v) is 1.15. The Bertz CT molecular complexity index is 279. The van der Waals surface area contributed by atoms with Crippen molar-refractivity contribution in [1.29, 1.82) is 0 Å². The van der Waals surface area contributed by atoms with E-state index in [9.17, 15) is 0 Å². The lowest BCUT2D eigenvalue weighted by atomic mass is 9.97. The number of nitrogens with one attached hydrogen (secondary N) is 2. The molecule has 0 aromatic carbocycles. The Morgan fingerprint density at radius 2 is 2.12 bits per heavy atom. The van der Waals surface area contributed by atoms with Crippen molar-refractivity contribution in [2.24, 2.45) is 5.92 Å². The molecule has 0 spiro atoms. The third-order valence-corrected chi connectivity index (χ3v) is 2.39. The van der Waals surface area contributed by atoms with Gasteiger partial charge in [0.25, 0.3) is 0 Å². The van der Waals surface area contributed by atoms with Crippen LogP contribution in [0.3, 0.4) is 0 Å². The summed E-state index contributed by atoms with van der Waals surface area (Å²) in [4.78, 5) is 0. The van der Waals surface area contributed by atoms with Crippen LogP contribution in [0.15, 0.2) is 23.8 Å². The molecule has 0 heterocycles. The first-order valence-electron chi connectivity index (χ1n) is 6.00. The minimum Gasteiger partial charge on any atom is -0.332 e. The highest BCUT2D eigenvalue weighted by Crippen LogP contribution is 2.15. The Morgan fingerprint density at radius 1 is 1.38 bits per heavy atom. The molecule has 0 bridgehead atoms. The zero-order valence-corrected chi connectivity index (χ0v) is 10.9. The van der Waals surface area contributed by atoms with Crippen molar-refractivity contribution in [3.05, 3.63) is 23.8 Å². The topological polar surface area (TPSA) is 24.1 Å². The second kappa shape index (κ2) is 10.3. The Hall–Kier alpha value is -1.20. The van der Waals surface area contributed by atoms with Crippen LogP contribution in [-0.4, -0.2) is 13.7 Å². The van der Waals surface area contributed by atoms with Crippen molar-refractivity contribution < 1.29 is 0 Å². The molecule has 1 unspecified atom stereocenters. The Morgan fingerprint density at radius 3 is 2.69 bits per heavy atom. The van der Waals surface area contributed by atoms with E-state index in [1.54, 1.807) is 0 Å². The van der Waals surface area contributed by atoms with E-state index in [4.69, 9.17) is 0 Å². The predicted molar refractivity (Wildman–Crippen MR) is 71.8 cm³/mol. The van der Waals surface area contributed by atoms with Gasteiger partial charge in [0.1, 0.15) is 0 Å². The van der Waals surface area contributed by atoms with E-state index in [-0.39, 0.29) is 0 Å². The largest absolute Gasteiger partial charge is 0.332 e. The van der Waals surface area contributed by atoms with E-state index in [2.05, 4.69) is 55.5 Å². The van der Waals surface area contributed by atoms with Crippen LogP contribution in [0, 0.1) is 17.9 Å². The van der Waals surface area contributed by atoms with Crippen molar-refractivity contribution in [2.75, 3.05) is 13.7 Å². The fourth-order valence-electron chi connectivity index (χ4n) is 1.15. The molecule has 0 saturated heterocycles. The molecule has 0 aromatic heterocycles. The van der Waals surface area contributed by atoms with Gasteiger partial charge >= 0.3 is 0 Å². The van der Waals surface area contributed by atoms with Gasteiger partial charge in [0.2, 0.25) is 0 Å². The average Bonchev–Trinajstić information content (AvgIpc) is 2.31. The first-order valence-corrected chi connectivity index (χ1v) is 6.00. The van der Waals surface area contributed by atoms with Crippen LogP contribution in [0.1, 0.15) is 33.6 Å². The third kappa shape index (κ3) is 7.14. The molecular weight excluding hydrogens is 196 g/mol. The molecule has 16 heavy (non-hydrogen) atoms. The van der Waals surface area contributed by atoms with Crippen LogP contribution in [-0.2, 0) is 0 Å². The molecule has 0 saturated carbocycles. The zero-order chi connectivity index (χ0) is 12.2. The summed E-state index contributed by atoms with van der Waals surface area (Å²) < 4.78 is 0. The molecule has 0 fully saturated rings. The lowest BCUT2D eigenvalue weighted by molar-refractivity contribution is 0.670. The number of hydrogen-bond donors (Lipinski definition) is 2. The smallest absolute Gasteiger partial charge is 0.0726 e. The van der Waals surface area contributed by atoms with Gasteiger partial charge in [-0.05, 0) is 37.5 Å². The van der Waals surface area contributed by atoms with Gasteiger partial charge in [0, 0.05) is 6.04 Å². The van der Waals surface area contributed by atoms with Gasteiger partial charge in [-0.15, -0.1) is 0 Å². The van der Waals surface area contributed by atoms with E-state index in [0.29, 0.717) is 12.6 Å². The van der Waals surface area contributed by atoms with E-state index < -0.39 is 0 Å². The molecule has 0 radical (unpaired) electrons. The van der Waals surface area contributed by atoms with E-state index in [0.717, 1.165) is 12.8 Å². The van der Waals surface area contributed by atoms with E-state index in [1.165, 1.54) is 5.57 Å². The highest BCUT2D eigenvalue weighted by molar-refractivity contribution is 5.30. The van der Waals surface area contributed by atoms with E-state index >= 15 is 0 Å². The normalized spacial score (nSPS) is 13.4. The minimum atomic E-state index is 0.571. The monoisotopic (exact) mass is 220 g/mol. The maximum absolute atomic E-state index is 3.03. The van der Waals surface area contributed by atoms with Crippen molar-refractivity contribution in [3.8, 4) is 12.0 Å². The molecule has 0 aliphatic rings. The molecule has 0 aromatic rings. The van der Waals surface area contributed by atoms with Gasteiger partial charge in [-0.1, -0.05) is 38.8 Å². The van der Waals surface area contributed by atoms with Crippen molar-refractivity contribution >= 4 is 0 Å². The number of hydrogen-bond acceptors (Lipinski definition) is 2. The molecular formula is C14H24N2. The van der Waals surface area contributed by atoms with Gasteiger partial charge < -0.3 is 10.6 Å². The van der Waals surface area contributed by atoms with Gasteiger partial charge in [0.05, 0.1) is 6.67 Å². The van der Waals surface area contributed by atoms with Crippen LogP contribution >= 0.6 is 0 Å². The summed E-state index contributed by atoms with van der Waals surface area (Å²) >= 11 is 0. The first kappa shape index (κ1) is 14.8. The maximum atomic E-state index is 3.03. The SMILES string of the molecule is CC/C=C\C(=C/C#CNCNC)C(C)CC. The number of rotatable bonds is 6. The molecule has 2 nitrogen and oxygen atoms in total. The summed E-state index contributed by atoms with van der Waals surface area (Å²) in [5.41, 5.74) is 1.31. The predicted octanol–water partition coefficient (Wildman–Crippen LogP) is 2.65. The zero-order valence-electron chi connectivity index (χ0n) is 10.9. The molecule has 0 amide bonds. The Balaban J connectivity index is 4.41. The summed E-state index contributed by atoms with van der Waals surface area (Å²) in [6, 6.07) is 2.90. The van der Waals surface area contributed by atoms with Crippen molar-refractivity contribution in [3.63, 3.8) is 0 Å². The summed E-state index contributed by atoms with van der Waals surface area (Å²) in [6.45, 7) is 7.29. The summed E-state index contributed by atoms with van der Waals surface area (Å²) in [5.74, 6) is 3.60. The molecule has 2 N–H and O–H groups in total. The molecule has 90 valence electrons. The maximum Gasteiger partial charge on any atom is 0.0726 e. The van der Waals surface area contributed by atoms with Crippen molar-refractivity contribution in [1.82, 2.24) is 10.6 Å². The molecule has 1 atom stereocenters. The minimum absolute atomic E-state index is 0.571. The van der Waals surface area contributed by atoms with Crippen LogP contribution in [0.4, 0.5) is 0 Å². The van der Waals surface area contributed by atoms with Crippen LogP contribution < -0.4 is 10.6 Å². The lowest BCUT2D eigenvalue weighted by Gasteiger charge is -2.08. The van der Waals surface area contributed by atoms with Gasteiger partial charge in [-0.25, -0.2) is 0 Å². The summed E-state index contributed by atoms with van der Waals surface area (Å²) in [7, 11) is 1.89. The molecule has 0 aliphatic heterocycles. The van der Waals surface area contributed by atoms with Crippen LogP contribution in [0.25, 0.3) is 0 Å². The average molecular weight is 220 g/mol. The van der Waals surface area contributed by atoms with Gasteiger partial charge in [-0.3, -0.25) is 0 Å². The Labute approximate surface area is 100 Å². The third-order valence-electron chi connectivity index (χ3n) is 2.39. The molecule has 0 rings (SSSR count). The van der Waals surface area contributed by atoms with Gasteiger partial charge in [-0.2, -0.15) is 0 Å². The Kier molecular flexibility index (Phi) is 9.55. The summed E-state index contributed by atoms with van der Waals surface area (Å²) in [6.07, 6.45) is 8.58. The molecule has 2 heteroatoms. The van der Waals surface area contributed by atoms with Gasteiger partial charge in [0.15, 0.2) is 0 Å².